The summed E-state index contributed by atoms with van der Waals surface area (Å²) < 4.78 is 37.8. The van der Waals surface area contributed by atoms with Crippen molar-refractivity contribution in [2.24, 2.45) is 5.92 Å². The standard InChI is InChI=1S/C12H25NO5S/c1-5-13(6-2,8-10-19(15,16)17)7-9-18-12(14)11(3)4/h11H,5-10H2,1-4H3. The third-order valence-corrected chi connectivity index (χ3v) is 4.12. The first-order valence-corrected chi connectivity index (χ1v) is 8.19. The number of quaternary nitrogens is 1. The Bertz CT molecular complexity index is 374. The average molecular weight is 295 g/mol. The minimum atomic E-state index is -4.21. The van der Waals surface area contributed by atoms with Crippen molar-refractivity contribution >= 4 is 16.1 Å². The molecular formula is C12H25NO5S. The monoisotopic (exact) mass is 295 g/mol. The maximum atomic E-state index is 11.3. The summed E-state index contributed by atoms with van der Waals surface area (Å²) in [5, 5.41) is 0. The minimum absolute atomic E-state index is 0.174. The second-order valence-corrected chi connectivity index (χ2v) is 6.53. The van der Waals surface area contributed by atoms with Crippen LogP contribution in [-0.2, 0) is 19.6 Å². The molecule has 19 heavy (non-hydrogen) atoms. The molecule has 6 nitrogen and oxygen atoms in total. The summed E-state index contributed by atoms with van der Waals surface area (Å²) in [6.07, 6.45) is 0. The van der Waals surface area contributed by atoms with Crippen molar-refractivity contribution in [3.05, 3.63) is 0 Å². The zero-order valence-corrected chi connectivity index (χ0v) is 13.0. The minimum Gasteiger partial charge on any atom is -0.748 e. The zero-order chi connectivity index (χ0) is 15.1. The van der Waals surface area contributed by atoms with Gasteiger partial charge in [-0.25, -0.2) is 8.42 Å². The molecule has 0 heterocycles. The Kier molecular flexibility index (Phi) is 7.54. The van der Waals surface area contributed by atoms with E-state index in [2.05, 4.69) is 0 Å². The highest BCUT2D eigenvalue weighted by Crippen LogP contribution is 2.08. The van der Waals surface area contributed by atoms with Gasteiger partial charge in [-0.05, 0) is 13.8 Å². The molecule has 0 spiro atoms. The molecule has 0 aromatic heterocycles. The molecule has 0 aromatic carbocycles. The van der Waals surface area contributed by atoms with Gasteiger partial charge in [0.2, 0.25) is 0 Å². The summed E-state index contributed by atoms with van der Waals surface area (Å²) in [5.41, 5.74) is 0. The number of rotatable bonds is 9. The molecular weight excluding hydrogens is 270 g/mol. The van der Waals surface area contributed by atoms with Gasteiger partial charge in [0.1, 0.15) is 23.3 Å². The van der Waals surface area contributed by atoms with Crippen molar-refractivity contribution < 1.29 is 27.0 Å². The molecule has 0 amide bonds. The summed E-state index contributed by atoms with van der Waals surface area (Å²) in [7, 11) is -4.21. The Morgan fingerprint density at radius 3 is 2.11 bits per heavy atom. The summed E-state index contributed by atoms with van der Waals surface area (Å²) in [5.74, 6) is -0.818. The Hall–Kier alpha value is -0.660. The van der Waals surface area contributed by atoms with Gasteiger partial charge in [-0.3, -0.25) is 4.79 Å². The van der Waals surface area contributed by atoms with Crippen LogP contribution in [0, 0.1) is 5.92 Å². The van der Waals surface area contributed by atoms with Crippen molar-refractivity contribution in [2.75, 3.05) is 38.5 Å². The molecule has 0 N–H and O–H groups in total. The molecule has 0 aromatic rings. The van der Waals surface area contributed by atoms with E-state index in [0.717, 1.165) is 0 Å². The van der Waals surface area contributed by atoms with Gasteiger partial charge in [0.15, 0.2) is 0 Å². The Morgan fingerprint density at radius 2 is 1.74 bits per heavy atom. The van der Waals surface area contributed by atoms with E-state index in [1.807, 2.05) is 13.8 Å². The molecule has 7 heteroatoms. The second kappa shape index (κ2) is 7.81. The Labute approximate surface area is 116 Å². The fourth-order valence-corrected chi connectivity index (χ4v) is 2.39. The lowest BCUT2D eigenvalue weighted by molar-refractivity contribution is -0.922. The number of hydrogen-bond donors (Lipinski definition) is 0. The number of carbonyl (C=O) groups is 1. The lowest BCUT2D eigenvalue weighted by Gasteiger charge is -2.37. The quantitative estimate of drug-likeness (QED) is 0.353. The highest BCUT2D eigenvalue weighted by atomic mass is 32.2. The van der Waals surface area contributed by atoms with Crippen LogP contribution in [0.2, 0.25) is 0 Å². The normalized spacial score (nSPS) is 12.7. The predicted molar refractivity (Wildman–Crippen MR) is 71.4 cm³/mol. The molecule has 0 atom stereocenters. The van der Waals surface area contributed by atoms with Crippen LogP contribution in [0.15, 0.2) is 0 Å². The molecule has 0 aliphatic heterocycles. The molecule has 0 rings (SSSR count). The third kappa shape index (κ3) is 7.49. The lowest BCUT2D eigenvalue weighted by atomic mass is 10.2. The fraction of sp³-hybridized carbons (Fsp3) is 0.917. The maximum Gasteiger partial charge on any atom is 0.308 e. The number of ether oxygens (including phenoxy) is 1. The molecule has 0 aliphatic rings. The van der Waals surface area contributed by atoms with E-state index >= 15 is 0 Å². The van der Waals surface area contributed by atoms with Crippen LogP contribution in [-0.4, -0.2) is 62.0 Å². The fourth-order valence-electron chi connectivity index (χ4n) is 1.78. The smallest absolute Gasteiger partial charge is 0.308 e. The van der Waals surface area contributed by atoms with E-state index in [4.69, 9.17) is 4.74 Å². The highest BCUT2D eigenvalue weighted by molar-refractivity contribution is 7.85. The molecule has 114 valence electrons. The zero-order valence-electron chi connectivity index (χ0n) is 12.2. The number of esters is 1. The van der Waals surface area contributed by atoms with E-state index in [-0.39, 0.29) is 30.8 Å². The van der Waals surface area contributed by atoms with E-state index < -0.39 is 10.1 Å². The van der Waals surface area contributed by atoms with Gasteiger partial charge < -0.3 is 13.8 Å². The summed E-state index contributed by atoms with van der Waals surface area (Å²) in [6, 6.07) is 0. The number of likely N-dealkylation sites (N-methyl/N-ethyl adjacent to an activating group) is 1. The van der Waals surface area contributed by atoms with Gasteiger partial charge in [-0.1, -0.05) is 13.8 Å². The van der Waals surface area contributed by atoms with E-state index in [1.54, 1.807) is 13.8 Å². The predicted octanol–water partition coefficient (Wildman–Crippen LogP) is 0.587. The summed E-state index contributed by atoms with van der Waals surface area (Å²) >= 11 is 0. The molecule has 0 unspecified atom stereocenters. The van der Waals surface area contributed by atoms with Crippen molar-refractivity contribution in [2.45, 2.75) is 27.7 Å². The van der Waals surface area contributed by atoms with Crippen molar-refractivity contribution in [3.8, 4) is 0 Å². The van der Waals surface area contributed by atoms with Gasteiger partial charge in [0.25, 0.3) is 0 Å². The molecule has 0 saturated heterocycles. The van der Waals surface area contributed by atoms with E-state index in [1.165, 1.54) is 0 Å². The summed E-state index contributed by atoms with van der Waals surface area (Å²) in [6.45, 7) is 9.83. The second-order valence-electron chi connectivity index (χ2n) is 5.01. The van der Waals surface area contributed by atoms with Gasteiger partial charge in [0.05, 0.1) is 31.3 Å². The SMILES string of the molecule is CC[N+](CC)(CCOC(=O)C(C)C)CCS(=O)(=O)[O-]. The first kappa shape index (κ1) is 18.3. The van der Waals surface area contributed by atoms with Crippen molar-refractivity contribution in [1.29, 1.82) is 0 Å². The maximum absolute atomic E-state index is 11.3. The highest BCUT2D eigenvalue weighted by Gasteiger charge is 2.24. The first-order chi connectivity index (χ1) is 8.66. The van der Waals surface area contributed by atoms with Crippen molar-refractivity contribution in [1.82, 2.24) is 0 Å². The molecule has 0 radical (unpaired) electrons. The Balaban J connectivity index is 4.42. The van der Waals surface area contributed by atoms with Crippen LogP contribution < -0.4 is 0 Å². The number of carbonyl (C=O) groups excluding carboxylic acids is 1. The molecule has 0 fully saturated rings. The van der Waals surface area contributed by atoms with E-state index in [9.17, 15) is 17.8 Å². The summed E-state index contributed by atoms with van der Waals surface area (Å²) in [4.78, 5) is 11.3. The van der Waals surface area contributed by atoms with Crippen LogP contribution in [0.5, 0.6) is 0 Å². The van der Waals surface area contributed by atoms with E-state index in [0.29, 0.717) is 24.1 Å². The van der Waals surface area contributed by atoms with Gasteiger partial charge >= 0.3 is 5.97 Å². The lowest BCUT2D eigenvalue weighted by Crippen LogP contribution is -2.52. The molecule has 0 saturated carbocycles. The first-order valence-electron chi connectivity index (χ1n) is 6.61. The van der Waals surface area contributed by atoms with Crippen molar-refractivity contribution in [3.63, 3.8) is 0 Å². The number of hydrogen-bond acceptors (Lipinski definition) is 5. The Morgan fingerprint density at radius 1 is 1.21 bits per heavy atom. The van der Waals surface area contributed by atoms with Crippen LogP contribution >= 0.6 is 0 Å². The van der Waals surface area contributed by atoms with Gasteiger partial charge in [-0.2, -0.15) is 0 Å². The topological polar surface area (TPSA) is 83.5 Å². The molecule has 0 aliphatic carbocycles. The number of nitrogens with zero attached hydrogens (tertiary/aromatic N) is 1. The van der Waals surface area contributed by atoms with Crippen LogP contribution in [0.4, 0.5) is 0 Å². The van der Waals surface area contributed by atoms with Crippen LogP contribution in [0.1, 0.15) is 27.7 Å². The largest absolute Gasteiger partial charge is 0.748 e. The average Bonchev–Trinajstić information content (AvgIpc) is 2.32. The van der Waals surface area contributed by atoms with Gasteiger partial charge in [-0.15, -0.1) is 0 Å². The van der Waals surface area contributed by atoms with Crippen LogP contribution in [0.25, 0.3) is 0 Å². The third-order valence-electron chi connectivity index (χ3n) is 3.44. The molecule has 0 bridgehead atoms. The van der Waals surface area contributed by atoms with Gasteiger partial charge in [0, 0.05) is 0 Å². The van der Waals surface area contributed by atoms with Crippen LogP contribution in [0.3, 0.4) is 0 Å².